The number of carbonyl (C=O) groups is 2. The van der Waals surface area contributed by atoms with Gasteiger partial charge in [-0.05, 0) is 50.2 Å². The Morgan fingerprint density at radius 2 is 1.62 bits per heavy atom. The summed E-state index contributed by atoms with van der Waals surface area (Å²) in [5.74, 6) is -0.140. The van der Waals surface area contributed by atoms with Crippen LogP contribution in [0.15, 0.2) is 54.6 Å². The first-order chi connectivity index (χ1) is 11.5. The van der Waals surface area contributed by atoms with Gasteiger partial charge in [-0.3, -0.25) is 9.59 Å². The maximum absolute atomic E-state index is 12.5. The molecule has 0 fully saturated rings. The van der Waals surface area contributed by atoms with Crippen LogP contribution in [0.4, 0.5) is 11.4 Å². The predicted octanol–water partition coefficient (Wildman–Crippen LogP) is 2.90. The molecule has 0 spiro atoms. The van der Waals surface area contributed by atoms with Gasteiger partial charge in [-0.15, -0.1) is 0 Å². The van der Waals surface area contributed by atoms with E-state index in [1.807, 2.05) is 44.2 Å². The average molecular weight is 325 g/mol. The minimum Gasteiger partial charge on any atom is -0.376 e. The van der Waals surface area contributed by atoms with Crippen LogP contribution in [-0.4, -0.2) is 31.4 Å². The van der Waals surface area contributed by atoms with Crippen molar-refractivity contribution < 1.29 is 9.59 Å². The molecule has 5 heteroatoms. The zero-order valence-corrected chi connectivity index (χ0v) is 14.2. The van der Waals surface area contributed by atoms with Crippen molar-refractivity contribution in [3.63, 3.8) is 0 Å². The summed E-state index contributed by atoms with van der Waals surface area (Å²) in [6, 6.07) is 16.7. The lowest BCUT2D eigenvalue weighted by atomic mass is 10.1. The smallest absolute Gasteiger partial charge is 0.258 e. The van der Waals surface area contributed by atoms with E-state index in [2.05, 4.69) is 10.6 Å². The second-order valence-corrected chi connectivity index (χ2v) is 5.85. The molecular weight excluding hydrogens is 302 g/mol. The number of hydrogen-bond acceptors (Lipinski definition) is 3. The zero-order valence-electron chi connectivity index (χ0n) is 14.2. The summed E-state index contributed by atoms with van der Waals surface area (Å²) in [5.41, 5.74) is 2.24. The Kier molecular flexibility index (Phi) is 5.95. The van der Waals surface area contributed by atoms with E-state index in [1.165, 1.54) is 0 Å². The van der Waals surface area contributed by atoms with E-state index >= 15 is 0 Å². The van der Waals surface area contributed by atoms with Crippen LogP contribution in [0.3, 0.4) is 0 Å². The minimum absolute atomic E-state index is 0.0611. The molecular formula is C19H23N3O2. The summed E-state index contributed by atoms with van der Waals surface area (Å²) >= 11 is 0. The zero-order chi connectivity index (χ0) is 17.5. The Hall–Kier alpha value is -2.82. The Bertz CT molecular complexity index is 682. The van der Waals surface area contributed by atoms with Crippen molar-refractivity contribution in [2.24, 2.45) is 0 Å². The average Bonchev–Trinajstić information content (AvgIpc) is 2.59. The Labute approximate surface area is 142 Å². The third-order valence-electron chi connectivity index (χ3n) is 3.48. The lowest BCUT2D eigenvalue weighted by molar-refractivity contribution is -0.119. The lowest BCUT2D eigenvalue weighted by Gasteiger charge is -2.17. The molecule has 0 aromatic heterocycles. The molecule has 2 amide bonds. The minimum atomic E-state index is -0.0784. The van der Waals surface area contributed by atoms with Crippen molar-refractivity contribution >= 4 is 23.2 Å². The second kappa shape index (κ2) is 8.15. The van der Waals surface area contributed by atoms with Crippen LogP contribution in [0.2, 0.25) is 0 Å². The molecule has 0 saturated heterocycles. The number of rotatable bonds is 6. The predicted molar refractivity (Wildman–Crippen MR) is 97.4 cm³/mol. The molecule has 24 heavy (non-hydrogen) atoms. The van der Waals surface area contributed by atoms with Gasteiger partial charge in [-0.1, -0.05) is 18.2 Å². The lowest BCUT2D eigenvalue weighted by Crippen LogP contribution is -2.34. The molecule has 0 radical (unpaired) electrons. The van der Waals surface area contributed by atoms with Gasteiger partial charge in [0.15, 0.2) is 0 Å². The van der Waals surface area contributed by atoms with Crippen LogP contribution < -0.4 is 15.5 Å². The first-order valence-corrected chi connectivity index (χ1v) is 7.94. The van der Waals surface area contributed by atoms with Gasteiger partial charge in [0.25, 0.3) is 5.91 Å². The van der Waals surface area contributed by atoms with Gasteiger partial charge in [0.2, 0.25) is 5.91 Å². The van der Waals surface area contributed by atoms with Gasteiger partial charge >= 0.3 is 0 Å². The highest BCUT2D eigenvalue weighted by Gasteiger charge is 2.13. The van der Waals surface area contributed by atoms with Crippen molar-refractivity contribution in [1.29, 1.82) is 0 Å². The van der Waals surface area contributed by atoms with Crippen molar-refractivity contribution in [3.8, 4) is 0 Å². The summed E-state index contributed by atoms with van der Waals surface area (Å²) < 4.78 is 0. The van der Waals surface area contributed by atoms with Gasteiger partial charge in [-0.25, -0.2) is 0 Å². The summed E-state index contributed by atoms with van der Waals surface area (Å²) in [5, 5.41) is 5.85. The van der Waals surface area contributed by atoms with Crippen molar-refractivity contribution in [2.75, 3.05) is 23.8 Å². The first kappa shape index (κ1) is 17.5. The SMILES string of the molecule is CC(C)NC(=O)CNc1ccc(C(=O)N(C)c2ccccc2)cc1. The molecule has 2 aromatic carbocycles. The third kappa shape index (κ3) is 4.84. The van der Waals surface area contributed by atoms with Crippen LogP contribution in [0.25, 0.3) is 0 Å². The molecule has 126 valence electrons. The molecule has 2 aromatic rings. The van der Waals surface area contributed by atoms with Crippen LogP contribution in [-0.2, 0) is 4.79 Å². The molecule has 0 aliphatic rings. The molecule has 5 nitrogen and oxygen atoms in total. The Balaban J connectivity index is 1.96. The van der Waals surface area contributed by atoms with E-state index in [-0.39, 0.29) is 24.4 Å². The fourth-order valence-corrected chi connectivity index (χ4v) is 2.25. The van der Waals surface area contributed by atoms with Gasteiger partial charge in [0, 0.05) is 30.0 Å². The highest BCUT2D eigenvalue weighted by molar-refractivity contribution is 6.05. The van der Waals surface area contributed by atoms with Gasteiger partial charge < -0.3 is 15.5 Å². The fraction of sp³-hybridized carbons (Fsp3) is 0.263. The van der Waals surface area contributed by atoms with Crippen molar-refractivity contribution in [2.45, 2.75) is 19.9 Å². The molecule has 0 bridgehead atoms. The van der Waals surface area contributed by atoms with Crippen LogP contribution in [0.1, 0.15) is 24.2 Å². The molecule has 0 aliphatic carbocycles. The number of para-hydroxylation sites is 1. The third-order valence-corrected chi connectivity index (χ3v) is 3.48. The van der Waals surface area contributed by atoms with Crippen LogP contribution in [0.5, 0.6) is 0 Å². The maximum atomic E-state index is 12.5. The van der Waals surface area contributed by atoms with E-state index in [0.717, 1.165) is 11.4 Å². The second-order valence-electron chi connectivity index (χ2n) is 5.85. The van der Waals surface area contributed by atoms with E-state index in [4.69, 9.17) is 0 Å². The van der Waals surface area contributed by atoms with E-state index in [0.29, 0.717) is 5.56 Å². The monoisotopic (exact) mass is 325 g/mol. The first-order valence-electron chi connectivity index (χ1n) is 7.94. The maximum Gasteiger partial charge on any atom is 0.258 e. The molecule has 0 atom stereocenters. The van der Waals surface area contributed by atoms with Crippen LogP contribution >= 0.6 is 0 Å². The molecule has 0 heterocycles. The molecule has 0 saturated carbocycles. The van der Waals surface area contributed by atoms with E-state index in [9.17, 15) is 9.59 Å². The van der Waals surface area contributed by atoms with Gasteiger partial charge in [0.1, 0.15) is 0 Å². The fourth-order valence-electron chi connectivity index (χ4n) is 2.25. The van der Waals surface area contributed by atoms with Gasteiger partial charge in [-0.2, -0.15) is 0 Å². The molecule has 2 N–H and O–H groups in total. The highest BCUT2D eigenvalue weighted by atomic mass is 16.2. The Morgan fingerprint density at radius 3 is 2.21 bits per heavy atom. The number of anilines is 2. The van der Waals surface area contributed by atoms with Crippen LogP contribution in [0, 0.1) is 0 Å². The number of amides is 2. The largest absolute Gasteiger partial charge is 0.376 e. The summed E-state index contributed by atoms with van der Waals surface area (Å²) in [6.45, 7) is 4.04. The molecule has 0 unspecified atom stereocenters. The quantitative estimate of drug-likeness (QED) is 0.858. The number of hydrogen-bond donors (Lipinski definition) is 2. The molecule has 2 rings (SSSR count). The van der Waals surface area contributed by atoms with Crippen molar-refractivity contribution in [1.82, 2.24) is 5.32 Å². The Morgan fingerprint density at radius 1 is 1.00 bits per heavy atom. The van der Waals surface area contributed by atoms with Crippen molar-refractivity contribution in [3.05, 3.63) is 60.2 Å². The molecule has 0 aliphatic heterocycles. The highest BCUT2D eigenvalue weighted by Crippen LogP contribution is 2.16. The summed E-state index contributed by atoms with van der Waals surface area (Å²) in [7, 11) is 1.75. The summed E-state index contributed by atoms with van der Waals surface area (Å²) in [4.78, 5) is 25.7. The standard InChI is InChI=1S/C19H23N3O2/c1-14(2)21-18(23)13-20-16-11-9-15(10-12-16)19(24)22(3)17-7-5-4-6-8-17/h4-12,14,20H,13H2,1-3H3,(H,21,23). The number of carbonyl (C=O) groups excluding carboxylic acids is 2. The van der Waals surface area contributed by atoms with E-state index < -0.39 is 0 Å². The van der Waals surface area contributed by atoms with E-state index in [1.54, 1.807) is 36.2 Å². The number of nitrogens with zero attached hydrogens (tertiary/aromatic N) is 1. The number of benzene rings is 2. The van der Waals surface area contributed by atoms with Gasteiger partial charge in [0.05, 0.1) is 6.54 Å². The normalized spacial score (nSPS) is 10.3. The number of nitrogens with one attached hydrogen (secondary N) is 2. The topological polar surface area (TPSA) is 61.4 Å². The summed E-state index contributed by atoms with van der Waals surface area (Å²) in [6.07, 6.45) is 0.